The van der Waals surface area contributed by atoms with Crippen molar-refractivity contribution in [3.05, 3.63) is 29.3 Å². The molecule has 0 heterocycles. The Morgan fingerprint density at radius 2 is 2.00 bits per heavy atom. The first-order valence-corrected chi connectivity index (χ1v) is 4.83. The first kappa shape index (κ1) is 12.8. The smallest absolute Gasteiger partial charge is 0.401 e. The van der Waals surface area contributed by atoms with E-state index >= 15 is 0 Å². The van der Waals surface area contributed by atoms with Crippen molar-refractivity contribution >= 4 is 0 Å². The van der Waals surface area contributed by atoms with Crippen molar-refractivity contribution in [1.29, 1.82) is 0 Å². The molecule has 0 spiro atoms. The number of methoxy groups -OCH3 is 1. The molecule has 0 amide bonds. The van der Waals surface area contributed by atoms with Crippen LogP contribution in [0.4, 0.5) is 13.2 Å². The Balaban J connectivity index is 2.52. The second kappa shape index (κ2) is 5.21. The Morgan fingerprint density at radius 3 is 2.50 bits per heavy atom. The summed E-state index contributed by atoms with van der Waals surface area (Å²) in [5, 5.41) is 2.34. The van der Waals surface area contributed by atoms with Crippen molar-refractivity contribution in [3.8, 4) is 5.75 Å². The molecule has 16 heavy (non-hydrogen) atoms. The fraction of sp³-hybridized carbons (Fsp3) is 0.455. The monoisotopic (exact) mass is 233 g/mol. The van der Waals surface area contributed by atoms with Gasteiger partial charge in [-0.1, -0.05) is 12.1 Å². The van der Waals surface area contributed by atoms with E-state index in [9.17, 15) is 13.2 Å². The zero-order chi connectivity index (χ0) is 12.2. The zero-order valence-electron chi connectivity index (χ0n) is 9.19. The number of hydrogen-bond donors (Lipinski definition) is 1. The molecule has 1 aromatic rings. The van der Waals surface area contributed by atoms with E-state index in [0.717, 1.165) is 16.9 Å². The molecule has 0 bridgehead atoms. The van der Waals surface area contributed by atoms with Gasteiger partial charge >= 0.3 is 6.18 Å². The lowest BCUT2D eigenvalue weighted by Crippen LogP contribution is -2.28. The van der Waals surface area contributed by atoms with Crippen LogP contribution in [0.3, 0.4) is 0 Å². The molecule has 0 atom stereocenters. The molecule has 0 saturated carbocycles. The number of halogens is 3. The number of nitrogens with one attached hydrogen (secondary N) is 1. The fourth-order valence-corrected chi connectivity index (χ4v) is 1.40. The van der Waals surface area contributed by atoms with Gasteiger partial charge in [-0.25, -0.2) is 0 Å². The minimum absolute atomic E-state index is 0.199. The maximum absolute atomic E-state index is 11.9. The summed E-state index contributed by atoms with van der Waals surface area (Å²) in [6, 6.07) is 5.30. The van der Waals surface area contributed by atoms with Crippen LogP contribution >= 0.6 is 0 Å². The third-order valence-corrected chi connectivity index (χ3v) is 2.11. The molecule has 0 aliphatic rings. The summed E-state index contributed by atoms with van der Waals surface area (Å²) < 4.78 is 40.7. The van der Waals surface area contributed by atoms with Gasteiger partial charge in [0.05, 0.1) is 13.7 Å². The molecule has 0 aliphatic carbocycles. The van der Waals surface area contributed by atoms with Crippen LogP contribution in [-0.4, -0.2) is 19.8 Å². The third-order valence-electron chi connectivity index (χ3n) is 2.11. The van der Waals surface area contributed by atoms with Gasteiger partial charge in [0.2, 0.25) is 0 Å². The van der Waals surface area contributed by atoms with Crippen molar-refractivity contribution in [3.63, 3.8) is 0 Å². The first-order valence-electron chi connectivity index (χ1n) is 4.83. The van der Waals surface area contributed by atoms with E-state index in [0.29, 0.717) is 0 Å². The highest BCUT2D eigenvalue weighted by atomic mass is 19.4. The Hall–Kier alpha value is -1.23. The van der Waals surface area contributed by atoms with E-state index in [4.69, 9.17) is 4.74 Å². The molecule has 2 nitrogen and oxygen atoms in total. The summed E-state index contributed by atoms with van der Waals surface area (Å²) >= 11 is 0. The van der Waals surface area contributed by atoms with Crippen molar-refractivity contribution < 1.29 is 17.9 Å². The van der Waals surface area contributed by atoms with Crippen molar-refractivity contribution in [2.75, 3.05) is 13.7 Å². The molecule has 0 radical (unpaired) electrons. The van der Waals surface area contributed by atoms with E-state index in [2.05, 4.69) is 5.32 Å². The third kappa shape index (κ3) is 4.10. The normalized spacial score (nSPS) is 11.6. The Labute approximate surface area is 92.4 Å². The Morgan fingerprint density at radius 1 is 1.31 bits per heavy atom. The molecule has 0 unspecified atom stereocenters. The number of ether oxygens (including phenoxy) is 1. The number of rotatable bonds is 4. The predicted molar refractivity (Wildman–Crippen MR) is 55.5 cm³/mol. The Bertz CT molecular complexity index is 350. The first-order chi connectivity index (χ1) is 7.42. The molecule has 0 fully saturated rings. The van der Waals surface area contributed by atoms with Gasteiger partial charge in [0, 0.05) is 6.54 Å². The summed E-state index contributed by atoms with van der Waals surface area (Å²) in [7, 11) is 1.56. The summed E-state index contributed by atoms with van der Waals surface area (Å²) in [5.74, 6) is 0.736. The number of aryl methyl sites for hydroxylation is 1. The Kier molecular flexibility index (Phi) is 4.18. The molecule has 90 valence electrons. The van der Waals surface area contributed by atoms with Crippen molar-refractivity contribution in [2.45, 2.75) is 19.6 Å². The predicted octanol–water partition coefficient (Wildman–Crippen LogP) is 2.66. The topological polar surface area (TPSA) is 21.3 Å². The average Bonchev–Trinajstić information content (AvgIpc) is 2.16. The molecule has 0 saturated heterocycles. The molecule has 0 aromatic heterocycles. The van der Waals surface area contributed by atoms with E-state index in [1.807, 2.05) is 13.0 Å². The van der Waals surface area contributed by atoms with E-state index in [-0.39, 0.29) is 6.54 Å². The highest BCUT2D eigenvalue weighted by molar-refractivity contribution is 5.36. The van der Waals surface area contributed by atoms with Crippen LogP contribution in [0.1, 0.15) is 11.1 Å². The largest absolute Gasteiger partial charge is 0.496 e. The molecule has 5 heteroatoms. The summed E-state index contributed by atoms with van der Waals surface area (Å²) in [5.41, 5.74) is 1.72. The molecule has 1 aromatic carbocycles. The molecule has 1 rings (SSSR count). The molecular formula is C11H14F3NO. The SMILES string of the molecule is COc1ccc(CNCC(F)(F)F)cc1C. The van der Waals surface area contributed by atoms with Crippen LogP contribution < -0.4 is 10.1 Å². The van der Waals surface area contributed by atoms with Gasteiger partial charge in [-0.15, -0.1) is 0 Å². The zero-order valence-corrected chi connectivity index (χ0v) is 9.19. The van der Waals surface area contributed by atoms with Crippen LogP contribution in [-0.2, 0) is 6.54 Å². The lowest BCUT2D eigenvalue weighted by molar-refractivity contribution is -0.125. The van der Waals surface area contributed by atoms with E-state index in [1.54, 1.807) is 19.2 Å². The standard InChI is InChI=1S/C11H14F3NO/c1-8-5-9(3-4-10(8)16-2)6-15-7-11(12,13)14/h3-5,15H,6-7H2,1-2H3. The maximum atomic E-state index is 11.9. The number of alkyl halides is 3. The molecule has 1 N–H and O–H groups in total. The van der Waals surface area contributed by atoms with Gasteiger partial charge in [0.25, 0.3) is 0 Å². The van der Waals surface area contributed by atoms with Gasteiger partial charge in [-0.3, -0.25) is 0 Å². The fourth-order valence-electron chi connectivity index (χ4n) is 1.40. The number of hydrogen-bond acceptors (Lipinski definition) is 2. The summed E-state index contributed by atoms with van der Waals surface area (Å²) in [6.45, 7) is 1.08. The van der Waals surface area contributed by atoms with Crippen LogP contribution in [0.15, 0.2) is 18.2 Å². The highest BCUT2D eigenvalue weighted by Gasteiger charge is 2.25. The second-order valence-electron chi connectivity index (χ2n) is 3.52. The average molecular weight is 233 g/mol. The van der Waals surface area contributed by atoms with Gasteiger partial charge in [0.15, 0.2) is 0 Å². The van der Waals surface area contributed by atoms with Gasteiger partial charge in [-0.05, 0) is 24.1 Å². The van der Waals surface area contributed by atoms with Crippen molar-refractivity contribution in [1.82, 2.24) is 5.32 Å². The van der Waals surface area contributed by atoms with Gasteiger partial charge in [0.1, 0.15) is 5.75 Å². The van der Waals surface area contributed by atoms with Crippen LogP contribution in [0.25, 0.3) is 0 Å². The van der Waals surface area contributed by atoms with Crippen molar-refractivity contribution in [2.24, 2.45) is 0 Å². The van der Waals surface area contributed by atoms with Gasteiger partial charge < -0.3 is 10.1 Å². The highest BCUT2D eigenvalue weighted by Crippen LogP contribution is 2.18. The molecular weight excluding hydrogens is 219 g/mol. The lowest BCUT2D eigenvalue weighted by Gasteiger charge is -2.10. The van der Waals surface area contributed by atoms with Crippen LogP contribution in [0.5, 0.6) is 5.75 Å². The minimum Gasteiger partial charge on any atom is -0.496 e. The summed E-state index contributed by atoms with van der Waals surface area (Å²) in [6.07, 6.45) is -4.17. The van der Waals surface area contributed by atoms with E-state index < -0.39 is 12.7 Å². The quantitative estimate of drug-likeness (QED) is 0.863. The molecule has 0 aliphatic heterocycles. The minimum atomic E-state index is -4.17. The summed E-state index contributed by atoms with van der Waals surface area (Å²) in [4.78, 5) is 0. The van der Waals surface area contributed by atoms with Gasteiger partial charge in [-0.2, -0.15) is 13.2 Å². The maximum Gasteiger partial charge on any atom is 0.401 e. The van der Waals surface area contributed by atoms with Crippen LogP contribution in [0, 0.1) is 6.92 Å². The second-order valence-corrected chi connectivity index (χ2v) is 3.52. The van der Waals surface area contributed by atoms with Crippen LogP contribution in [0.2, 0.25) is 0 Å². The number of benzene rings is 1. The van der Waals surface area contributed by atoms with E-state index in [1.165, 1.54) is 0 Å². The lowest BCUT2D eigenvalue weighted by atomic mass is 10.1.